The summed E-state index contributed by atoms with van der Waals surface area (Å²) in [4.78, 5) is 10.6. The summed E-state index contributed by atoms with van der Waals surface area (Å²) in [6.45, 7) is 4.88. The highest BCUT2D eigenvalue weighted by Crippen LogP contribution is 2.11. The van der Waals surface area contributed by atoms with Crippen molar-refractivity contribution in [3.8, 4) is 0 Å². The Morgan fingerprint density at radius 3 is 2.47 bits per heavy atom. The predicted octanol–water partition coefficient (Wildman–Crippen LogP) is 3.23. The Kier molecular flexibility index (Phi) is 9.59. The van der Waals surface area contributed by atoms with Gasteiger partial charge >= 0.3 is 5.97 Å². The highest BCUT2D eigenvalue weighted by Gasteiger charge is 2.12. The summed E-state index contributed by atoms with van der Waals surface area (Å²) < 4.78 is 5.50. The summed E-state index contributed by atoms with van der Waals surface area (Å²) in [6.07, 6.45) is 6.59. The molecule has 0 heterocycles. The molecule has 0 aromatic heterocycles. The smallest absolute Gasteiger partial charge is 0.305 e. The first kappa shape index (κ1) is 14.4. The molecule has 0 aliphatic rings. The van der Waals surface area contributed by atoms with E-state index in [1.54, 1.807) is 0 Å². The lowest BCUT2D eigenvalue weighted by molar-refractivity contribution is -0.140. The zero-order chi connectivity index (χ0) is 11.5. The van der Waals surface area contributed by atoms with Crippen LogP contribution in [0.5, 0.6) is 0 Å². The molecular formula is C12H24O3. The lowest BCUT2D eigenvalue weighted by Gasteiger charge is -2.15. The van der Waals surface area contributed by atoms with Crippen molar-refractivity contribution in [2.24, 2.45) is 0 Å². The quantitative estimate of drug-likeness (QED) is 0.570. The molecule has 15 heavy (non-hydrogen) atoms. The minimum atomic E-state index is -0.758. The van der Waals surface area contributed by atoms with E-state index in [0.717, 1.165) is 19.3 Å². The minimum absolute atomic E-state index is 0.0840. The molecule has 1 unspecified atom stereocenters. The molecule has 0 aromatic rings. The zero-order valence-electron chi connectivity index (χ0n) is 10.00. The Balaban J connectivity index is 3.64. The van der Waals surface area contributed by atoms with Gasteiger partial charge in [0, 0.05) is 6.61 Å². The number of carboxylic acids is 1. The maximum Gasteiger partial charge on any atom is 0.305 e. The third-order valence-corrected chi connectivity index (χ3v) is 2.34. The van der Waals surface area contributed by atoms with Crippen LogP contribution < -0.4 is 0 Å². The number of hydrogen-bond acceptors (Lipinski definition) is 2. The summed E-state index contributed by atoms with van der Waals surface area (Å²) in [5, 5.41) is 8.71. The largest absolute Gasteiger partial charge is 0.481 e. The van der Waals surface area contributed by atoms with Gasteiger partial charge in [0.1, 0.15) is 0 Å². The number of carboxylic acid groups (broad SMARTS) is 1. The summed E-state index contributed by atoms with van der Waals surface area (Å²) >= 11 is 0. The normalized spacial score (nSPS) is 12.7. The van der Waals surface area contributed by atoms with E-state index in [-0.39, 0.29) is 12.5 Å². The maximum atomic E-state index is 10.6. The summed E-state index contributed by atoms with van der Waals surface area (Å²) in [7, 11) is 0. The maximum absolute atomic E-state index is 10.6. The Bertz CT molecular complexity index is 157. The van der Waals surface area contributed by atoms with Crippen molar-refractivity contribution < 1.29 is 14.6 Å². The highest BCUT2D eigenvalue weighted by atomic mass is 16.5. The van der Waals surface area contributed by atoms with Crippen molar-refractivity contribution >= 4 is 5.97 Å². The van der Waals surface area contributed by atoms with Crippen molar-refractivity contribution in [3.63, 3.8) is 0 Å². The fourth-order valence-electron chi connectivity index (χ4n) is 1.52. The van der Waals surface area contributed by atoms with E-state index in [9.17, 15) is 4.79 Å². The monoisotopic (exact) mass is 216 g/mol. The van der Waals surface area contributed by atoms with E-state index in [0.29, 0.717) is 6.61 Å². The van der Waals surface area contributed by atoms with Gasteiger partial charge in [-0.15, -0.1) is 0 Å². The first-order chi connectivity index (χ1) is 7.20. The molecule has 0 saturated carbocycles. The number of hydrogen-bond donors (Lipinski definition) is 1. The van der Waals surface area contributed by atoms with Crippen LogP contribution in [0.4, 0.5) is 0 Å². The summed E-state index contributed by atoms with van der Waals surface area (Å²) in [5.41, 5.74) is 0. The third-order valence-electron chi connectivity index (χ3n) is 2.34. The Labute approximate surface area is 92.8 Å². The molecule has 0 aliphatic heterocycles. The number of aliphatic carboxylic acids is 1. The molecule has 1 N–H and O–H groups in total. The van der Waals surface area contributed by atoms with Gasteiger partial charge in [-0.1, -0.05) is 39.5 Å². The van der Waals surface area contributed by atoms with Gasteiger partial charge in [-0.2, -0.15) is 0 Å². The topological polar surface area (TPSA) is 46.5 Å². The van der Waals surface area contributed by atoms with Gasteiger partial charge in [0.25, 0.3) is 0 Å². The van der Waals surface area contributed by atoms with E-state index >= 15 is 0 Å². The first-order valence-electron chi connectivity index (χ1n) is 6.04. The van der Waals surface area contributed by atoms with E-state index in [4.69, 9.17) is 9.84 Å². The number of carbonyl (C=O) groups is 1. The van der Waals surface area contributed by atoms with Crippen LogP contribution in [-0.2, 0) is 9.53 Å². The molecule has 0 aliphatic carbocycles. The van der Waals surface area contributed by atoms with Crippen LogP contribution in [0.3, 0.4) is 0 Å². The molecule has 90 valence electrons. The van der Waals surface area contributed by atoms with E-state index in [1.165, 1.54) is 19.3 Å². The van der Waals surface area contributed by atoms with Crippen LogP contribution in [0.25, 0.3) is 0 Å². The van der Waals surface area contributed by atoms with Crippen molar-refractivity contribution in [2.45, 2.75) is 64.9 Å². The SMILES string of the molecule is CCCCCCC(CC(=O)O)OCCC. The molecule has 0 bridgehead atoms. The van der Waals surface area contributed by atoms with E-state index in [2.05, 4.69) is 6.92 Å². The Hall–Kier alpha value is -0.570. The molecule has 0 rings (SSSR count). The number of rotatable bonds is 10. The lowest BCUT2D eigenvalue weighted by atomic mass is 10.1. The zero-order valence-corrected chi connectivity index (χ0v) is 10.00. The summed E-state index contributed by atoms with van der Waals surface area (Å²) in [6, 6.07) is 0. The van der Waals surface area contributed by atoms with Crippen molar-refractivity contribution in [2.75, 3.05) is 6.61 Å². The predicted molar refractivity (Wildman–Crippen MR) is 61.0 cm³/mol. The fourth-order valence-corrected chi connectivity index (χ4v) is 1.52. The van der Waals surface area contributed by atoms with Gasteiger partial charge in [-0.05, 0) is 12.8 Å². The van der Waals surface area contributed by atoms with Gasteiger partial charge < -0.3 is 9.84 Å². The first-order valence-corrected chi connectivity index (χ1v) is 6.04. The molecule has 0 amide bonds. The molecule has 0 aromatic carbocycles. The number of unbranched alkanes of at least 4 members (excludes halogenated alkanes) is 3. The number of ether oxygens (including phenoxy) is 1. The van der Waals surface area contributed by atoms with Gasteiger partial charge in [0.05, 0.1) is 12.5 Å². The summed E-state index contributed by atoms with van der Waals surface area (Å²) in [5.74, 6) is -0.758. The highest BCUT2D eigenvalue weighted by molar-refractivity contribution is 5.67. The van der Waals surface area contributed by atoms with Crippen LogP contribution in [0, 0.1) is 0 Å². The lowest BCUT2D eigenvalue weighted by Crippen LogP contribution is -2.18. The average Bonchev–Trinajstić information content (AvgIpc) is 2.19. The molecule has 0 radical (unpaired) electrons. The van der Waals surface area contributed by atoms with Crippen LogP contribution >= 0.6 is 0 Å². The standard InChI is InChI=1S/C12H24O3/c1-3-5-6-7-8-11(10-12(13)14)15-9-4-2/h11H,3-10H2,1-2H3,(H,13,14). The Morgan fingerprint density at radius 2 is 1.93 bits per heavy atom. The molecule has 3 nitrogen and oxygen atoms in total. The van der Waals surface area contributed by atoms with Crippen LogP contribution in [-0.4, -0.2) is 23.8 Å². The second-order valence-corrected chi connectivity index (χ2v) is 3.94. The van der Waals surface area contributed by atoms with Gasteiger partial charge in [-0.3, -0.25) is 4.79 Å². The van der Waals surface area contributed by atoms with Crippen molar-refractivity contribution in [1.82, 2.24) is 0 Å². The molecule has 0 saturated heterocycles. The molecule has 3 heteroatoms. The third kappa shape index (κ3) is 9.73. The Morgan fingerprint density at radius 1 is 1.20 bits per heavy atom. The van der Waals surface area contributed by atoms with Crippen LogP contribution in [0.15, 0.2) is 0 Å². The molecule has 0 spiro atoms. The fraction of sp³-hybridized carbons (Fsp3) is 0.917. The van der Waals surface area contributed by atoms with E-state index in [1.807, 2.05) is 6.92 Å². The average molecular weight is 216 g/mol. The van der Waals surface area contributed by atoms with Crippen molar-refractivity contribution in [3.05, 3.63) is 0 Å². The second kappa shape index (κ2) is 9.97. The van der Waals surface area contributed by atoms with Gasteiger partial charge in [-0.25, -0.2) is 0 Å². The van der Waals surface area contributed by atoms with Crippen LogP contribution in [0.2, 0.25) is 0 Å². The van der Waals surface area contributed by atoms with E-state index < -0.39 is 5.97 Å². The molecule has 0 fully saturated rings. The second-order valence-electron chi connectivity index (χ2n) is 3.94. The molecular weight excluding hydrogens is 192 g/mol. The van der Waals surface area contributed by atoms with Crippen LogP contribution in [0.1, 0.15) is 58.8 Å². The van der Waals surface area contributed by atoms with Crippen molar-refractivity contribution in [1.29, 1.82) is 0 Å². The molecule has 1 atom stereocenters. The van der Waals surface area contributed by atoms with Gasteiger partial charge in [0.15, 0.2) is 0 Å². The minimum Gasteiger partial charge on any atom is -0.481 e. The van der Waals surface area contributed by atoms with Gasteiger partial charge in [0.2, 0.25) is 0 Å².